The summed E-state index contributed by atoms with van der Waals surface area (Å²) < 4.78 is 1.96. The second-order valence-corrected chi connectivity index (χ2v) is 3.86. The van der Waals surface area contributed by atoms with E-state index in [2.05, 4.69) is 4.98 Å². The lowest BCUT2D eigenvalue weighted by Crippen LogP contribution is -2.08. The van der Waals surface area contributed by atoms with Crippen LogP contribution < -0.4 is 0 Å². The molecule has 3 heteroatoms. The number of benzene rings is 1. The van der Waals surface area contributed by atoms with Gasteiger partial charge in [-0.3, -0.25) is 0 Å². The van der Waals surface area contributed by atoms with Crippen LogP contribution in [0.4, 0.5) is 0 Å². The van der Waals surface area contributed by atoms with Crippen molar-refractivity contribution in [2.24, 2.45) is 0 Å². The van der Waals surface area contributed by atoms with E-state index < -0.39 is 6.10 Å². The smallest absolute Gasteiger partial charge is 0.121 e. The first kappa shape index (κ1) is 10.9. The van der Waals surface area contributed by atoms with Gasteiger partial charge in [0.1, 0.15) is 6.10 Å². The van der Waals surface area contributed by atoms with Crippen LogP contribution in [0.25, 0.3) is 0 Å². The van der Waals surface area contributed by atoms with Gasteiger partial charge >= 0.3 is 0 Å². The first-order valence-electron chi connectivity index (χ1n) is 5.47. The van der Waals surface area contributed by atoms with Crippen molar-refractivity contribution in [1.29, 1.82) is 0 Å². The van der Waals surface area contributed by atoms with Crippen LogP contribution in [0.1, 0.15) is 29.8 Å². The number of aryl methyl sites for hydroxylation is 2. The van der Waals surface area contributed by atoms with E-state index in [-0.39, 0.29) is 0 Å². The Hall–Kier alpha value is -1.61. The van der Waals surface area contributed by atoms with E-state index in [1.807, 2.05) is 42.7 Å². The SMILES string of the molecule is CCn1cncc1C(O)c1ccccc1C. The molecule has 3 nitrogen and oxygen atoms in total. The molecule has 16 heavy (non-hydrogen) atoms. The van der Waals surface area contributed by atoms with E-state index in [1.165, 1.54) is 0 Å². The molecule has 1 aromatic carbocycles. The van der Waals surface area contributed by atoms with Crippen LogP contribution >= 0.6 is 0 Å². The van der Waals surface area contributed by atoms with Crippen molar-refractivity contribution in [3.63, 3.8) is 0 Å². The van der Waals surface area contributed by atoms with Crippen LogP contribution in [0.2, 0.25) is 0 Å². The van der Waals surface area contributed by atoms with E-state index in [4.69, 9.17) is 0 Å². The second kappa shape index (κ2) is 4.49. The van der Waals surface area contributed by atoms with Gasteiger partial charge in [0, 0.05) is 6.54 Å². The fourth-order valence-corrected chi connectivity index (χ4v) is 1.88. The summed E-state index contributed by atoms with van der Waals surface area (Å²) >= 11 is 0. The first-order chi connectivity index (χ1) is 7.74. The molecule has 0 aliphatic heterocycles. The third-order valence-corrected chi connectivity index (χ3v) is 2.85. The van der Waals surface area contributed by atoms with Gasteiger partial charge in [-0.15, -0.1) is 0 Å². The molecule has 0 fully saturated rings. The minimum atomic E-state index is -0.594. The van der Waals surface area contributed by atoms with Gasteiger partial charge in [-0.1, -0.05) is 24.3 Å². The predicted molar refractivity (Wildman–Crippen MR) is 63.1 cm³/mol. The zero-order valence-electron chi connectivity index (χ0n) is 9.59. The maximum absolute atomic E-state index is 10.3. The molecule has 0 aliphatic carbocycles. The van der Waals surface area contributed by atoms with E-state index in [0.717, 1.165) is 23.4 Å². The Morgan fingerprint density at radius 3 is 2.81 bits per heavy atom. The highest BCUT2D eigenvalue weighted by molar-refractivity contribution is 5.32. The Morgan fingerprint density at radius 2 is 2.12 bits per heavy atom. The summed E-state index contributed by atoms with van der Waals surface area (Å²) in [5.74, 6) is 0. The minimum absolute atomic E-state index is 0.594. The molecule has 1 atom stereocenters. The summed E-state index contributed by atoms with van der Waals surface area (Å²) in [6.07, 6.45) is 2.88. The van der Waals surface area contributed by atoms with Gasteiger partial charge in [0.05, 0.1) is 18.2 Å². The summed E-state index contributed by atoms with van der Waals surface area (Å²) in [5.41, 5.74) is 2.88. The van der Waals surface area contributed by atoms with Crippen molar-refractivity contribution >= 4 is 0 Å². The van der Waals surface area contributed by atoms with E-state index in [9.17, 15) is 5.11 Å². The highest BCUT2D eigenvalue weighted by Crippen LogP contribution is 2.24. The lowest BCUT2D eigenvalue weighted by atomic mass is 10.0. The number of aliphatic hydroxyl groups excluding tert-OH is 1. The molecular formula is C13H16N2O. The van der Waals surface area contributed by atoms with Crippen molar-refractivity contribution in [3.05, 3.63) is 53.6 Å². The summed E-state index contributed by atoms with van der Waals surface area (Å²) in [7, 11) is 0. The topological polar surface area (TPSA) is 38.0 Å². The predicted octanol–water partition coefficient (Wildman–Crippen LogP) is 2.29. The Kier molecular flexibility index (Phi) is 3.06. The number of hydrogen-bond acceptors (Lipinski definition) is 2. The normalized spacial score (nSPS) is 12.7. The van der Waals surface area contributed by atoms with E-state index in [1.54, 1.807) is 12.5 Å². The highest BCUT2D eigenvalue weighted by atomic mass is 16.3. The minimum Gasteiger partial charge on any atom is -0.382 e. The van der Waals surface area contributed by atoms with Crippen molar-refractivity contribution in [3.8, 4) is 0 Å². The molecular weight excluding hydrogens is 200 g/mol. The van der Waals surface area contributed by atoms with Crippen LogP contribution in [-0.2, 0) is 6.54 Å². The standard InChI is InChI=1S/C13H16N2O/c1-3-15-9-14-8-12(15)13(16)11-7-5-4-6-10(11)2/h4-9,13,16H,3H2,1-2H3. The molecule has 0 aliphatic rings. The zero-order valence-corrected chi connectivity index (χ0v) is 9.59. The number of aromatic nitrogens is 2. The molecule has 0 radical (unpaired) electrons. The molecule has 0 amide bonds. The Labute approximate surface area is 95.4 Å². The second-order valence-electron chi connectivity index (χ2n) is 3.86. The number of aliphatic hydroxyl groups is 1. The number of imidazole rings is 1. The highest BCUT2D eigenvalue weighted by Gasteiger charge is 2.15. The number of rotatable bonds is 3. The van der Waals surface area contributed by atoms with E-state index >= 15 is 0 Å². The first-order valence-corrected chi connectivity index (χ1v) is 5.47. The van der Waals surface area contributed by atoms with Crippen LogP contribution in [-0.4, -0.2) is 14.7 Å². The molecule has 1 unspecified atom stereocenters. The lowest BCUT2D eigenvalue weighted by molar-refractivity contribution is 0.209. The number of nitrogens with zero attached hydrogens (tertiary/aromatic N) is 2. The zero-order chi connectivity index (χ0) is 11.5. The molecule has 84 valence electrons. The van der Waals surface area contributed by atoms with Gasteiger partial charge in [0.25, 0.3) is 0 Å². The van der Waals surface area contributed by atoms with Gasteiger partial charge in [-0.2, -0.15) is 0 Å². The lowest BCUT2D eigenvalue weighted by Gasteiger charge is -2.15. The molecule has 2 rings (SSSR count). The van der Waals surface area contributed by atoms with Crippen molar-refractivity contribution < 1.29 is 5.11 Å². The third kappa shape index (κ3) is 1.86. The van der Waals surface area contributed by atoms with Gasteiger partial charge in [-0.25, -0.2) is 4.98 Å². The van der Waals surface area contributed by atoms with Crippen molar-refractivity contribution in [1.82, 2.24) is 9.55 Å². The van der Waals surface area contributed by atoms with Gasteiger partial charge in [-0.05, 0) is 25.0 Å². The van der Waals surface area contributed by atoms with Crippen LogP contribution in [0.3, 0.4) is 0 Å². The van der Waals surface area contributed by atoms with Crippen LogP contribution in [0.5, 0.6) is 0 Å². The molecule has 0 saturated heterocycles. The molecule has 1 aromatic heterocycles. The largest absolute Gasteiger partial charge is 0.382 e. The summed E-state index contributed by atoms with van der Waals surface area (Å²) in [6, 6.07) is 7.87. The summed E-state index contributed by atoms with van der Waals surface area (Å²) in [6.45, 7) is 4.86. The van der Waals surface area contributed by atoms with E-state index in [0.29, 0.717) is 0 Å². The Morgan fingerprint density at radius 1 is 1.38 bits per heavy atom. The van der Waals surface area contributed by atoms with Crippen LogP contribution in [0.15, 0.2) is 36.8 Å². The maximum atomic E-state index is 10.3. The molecule has 1 heterocycles. The van der Waals surface area contributed by atoms with Crippen molar-refractivity contribution in [2.45, 2.75) is 26.5 Å². The summed E-state index contributed by atoms with van der Waals surface area (Å²) in [4.78, 5) is 4.07. The maximum Gasteiger partial charge on any atom is 0.121 e. The molecule has 0 saturated carbocycles. The quantitative estimate of drug-likeness (QED) is 0.854. The molecule has 0 spiro atoms. The van der Waals surface area contributed by atoms with Gasteiger partial charge < -0.3 is 9.67 Å². The fraction of sp³-hybridized carbons (Fsp3) is 0.308. The average Bonchev–Trinajstić information content (AvgIpc) is 2.77. The Bertz CT molecular complexity index is 476. The molecule has 1 N–H and O–H groups in total. The average molecular weight is 216 g/mol. The molecule has 0 bridgehead atoms. The molecule has 2 aromatic rings. The van der Waals surface area contributed by atoms with Crippen molar-refractivity contribution in [2.75, 3.05) is 0 Å². The number of hydrogen-bond donors (Lipinski definition) is 1. The van der Waals surface area contributed by atoms with Gasteiger partial charge in [0.2, 0.25) is 0 Å². The van der Waals surface area contributed by atoms with Crippen LogP contribution in [0, 0.1) is 6.92 Å². The fourth-order valence-electron chi connectivity index (χ4n) is 1.88. The monoisotopic (exact) mass is 216 g/mol. The Balaban J connectivity index is 2.39. The van der Waals surface area contributed by atoms with Gasteiger partial charge in [0.15, 0.2) is 0 Å². The summed E-state index contributed by atoms with van der Waals surface area (Å²) in [5, 5.41) is 10.3. The third-order valence-electron chi connectivity index (χ3n) is 2.85.